The molecule has 1 aromatic heterocycles. The Morgan fingerprint density at radius 1 is 1.41 bits per heavy atom. The molecule has 3 aliphatic rings. The highest BCUT2D eigenvalue weighted by molar-refractivity contribution is 6.03. The maximum absolute atomic E-state index is 11.8. The zero-order valence-corrected chi connectivity index (χ0v) is 15.8. The van der Waals surface area contributed by atoms with Gasteiger partial charge in [-0.3, -0.25) is 0 Å². The molecule has 2 aromatic rings. The molecule has 0 amide bonds. The van der Waals surface area contributed by atoms with Crippen LogP contribution in [0.5, 0.6) is 0 Å². The molecule has 0 unspecified atom stereocenters. The number of benzene rings is 1. The van der Waals surface area contributed by atoms with Crippen molar-refractivity contribution >= 4 is 22.7 Å². The summed E-state index contributed by atoms with van der Waals surface area (Å²) in [5, 5.41) is 10.4. The van der Waals surface area contributed by atoms with Crippen LogP contribution in [0.2, 0.25) is 0 Å². The van der Waals surface area contributed by atoms with Gasteiger partial charge in [-0.15, -0.1) is 0 Å². The monoisotopic (exact) mass is 367 g/mol. The topological polar surface area (TPSA) is 65.9 Å². The van der Waals surface area contributed by atoms with Gasteiger partial charge in [0.25, 0.3) is 0 Å². The van der Waals surface area contributed by atoms with Gasteiger partial charge < -0.3 is 19.6 Å². The van der Waals surface area contributed by atoms with Gasteiger partial charge in [-0.05, 0) is 39.1 Å². The lowest BCUT2D eigenvalue weighted by Gasteiger charge is -2.30. The first-order valence-corrected chi connectivity index (χ1v) is 9.67. The van der Waals surface area contributed by atoms with Gasteiger partial charge in [-0.2, -0.15) is 0 Å². The highest BCUT2D eigenvalue weighted by Crippen LogP contribution is 2.55. The van der Waals surface area contributed by atoms with Crippen molar-refractivity contribution in [2.75, 3.05) is 38.6 Å². The smallest absolute Gasteiger partial charge is 0.336 e. The highest BCUT2D eigenvalue weighted by Gasteiger charge is 2.63. The molecule has 3 aliphatic heterocycles. The second-order valence-electron chi connectivity index (χ2n) is 8.52. The van der Waals surface area contributed by atoms with Crippen LogP contribution < -0.4 is 4.90 Å². The summed E-state index contributed by atoms with van der Waals surface area (Å²) < 4.78 is 6.50. The molecule has 5 rings (SSSR count). The van der Waals surface area contributed by atoms with E-state index < -0.39 is 5.97 Å². The van der Waals surface area contributed by atoms with Gasteiger partial charge in [0, 0.05) is 36.9 Å². The summed E-state index contributed by atoms with van der Waals surface area (Å²) in [6.07, 6.45) is 2.61. The minimum atomic E-state index is -0.907. The summed E-state index contributed by atoms with van der Waals surface area (Å²) in [4.78, 5) is 21.1. The Morgan fingerprint density at radius 2 is 2.22 bits per heavy atom. The molecule has 6 heteroatoms. The van der Waals surface area contributed by atoms with E-state index in [0.29, 0.717) is 28.9 Å². The number of ether oxygens (including phenoxy) is 1. The maximum atomic E-state index is 11.8. The Hall–Kier alpha value is -2.18. The Kier molecular flexibility index (Phi) is 3.71. The summed E-state index contributed by atoms with van der Waals surface area (Å²) in [7, 11) is 4.24. The van der Waals surface area contributed by atoms with Crippen LogP contribution in [-0.4, -0.2) is 66.4 Å². The van der Waals surface area contributed by atoms with Crippen molar-refractivity contribution in [1.29, 1.82) is 0 Å². The minimum Gasteiger partial charge on any atom is -0.478 e. The number of carbonyl (C=O) groups is 1. The molecule has 3 fully saturated rings. The van der Waals surface area contributed by atoms with E-state index in [1.165, 1.54) is 0 Å². The summed E-state index contributed by atoms with van der Waals surface area (Å²) in [5.41, 5.74) is 0.972. The van der Waals surface area contributed by atoms with Crippen LogP contribution in [0.4, 0.5) is 5.82 Å². The van der Waals surface area contributed by atoms with Crippen molar-refractivity contribution < 1.29 is 14.6 Å². The van der Waals surface area contributed by atoms with Crippen molar-refractivity contribution in [3.8, 4) is 0 Å². The number of anilines is 1. The van der Waals surface area contributed by atoms with Gasteiger partial charge in [0.1, 0.15) is 5.82 Å². The van der Waals surface area contributed by atoms with Crippen LogP contribution in [0, 0.1) is 11.8 Å². The van der Waals surface area contributed by atoms with Crippen molar-refractivity contribution in [2.24, 2.45) is 11.8 Å². The van der Waals surface area contributed by atoms with Crippen molar-refractivity contribution in [3.05, 3.63) is 35.9 Å². The number of carboxylic acid groups (broad SMARTS) is 1. The zero-order chi connectivity index (χ0) is 18.8. The lowest BCUT2D eigenvalue weighted by atomic mass is 9.73. The summed E-state index contributed by atoms with van der Waals surface area (Å²) in [6, 6.07) is 9.20. The van der Waals surface area contributed by atoms with Gasteiger partial charge in [-0.1, -0.05) is 18.2 Å². The molecule has 6 nitrogen and oxygen atoms in total. The number of hydrogen-bond donors (Lipinski definition) is 1. The molecule has 1 spiro atoms. The fourth-order valence-corrected chi connectivity index (χ4v) is 5.53. The largest absolute Gasteiger partial charge is 0.478 e. The van der Waals surface area contributed by atoms with E-state index >= 15 is 0 Å². The number of nitrogens with zero attached hydrogens (tertiary/aromatic N) is 3. The lowest BCUT2D eigenvalue weighted by molar-refractivity contribution is 0.0136. The van der Waals surface area contributed by atoms with E-state index in [-0.39, 0.29) is 5.60 Å². The number of aromatic nitrogens is 1. The normalized spacial score (nSPS) is 31.8. The average molecular weight is 367 g/mol. The van der Waals surface area contributed by atoms with Gasteiger partial charge in [0.2, 0.25) is 0 Å². The number of hydrogen-bond acceptors (Lipinski definition) is 5. The summed E-state index contributed by atoms with van der Waals surface area (Å²) in [5.74, 6) is 0.874. The second kappa shape index (κ2) is 5.91. The molecule has 4 heterocycles. The van der Waals surface area contributed by atoms with Crippen LogP contribution in [-0.2, 0) is 4.74 Å². The Bertz CT molecular complexity index is 915. The van der Waals surface area contributed by atoms with E-state index in [4.69, 9.17) is 9.72 Å². The van der Waals surface area contributed by atoms with Crippen molar-refractivity contribution in [2.45, 2.75) is 24.5 Å². The van der Waals surface area contributed by atoms with E-state index in [9.17, 15) is 9.90 Å². The van der Waals surface area contributed by atoms with Gasteiger partial charge in [0.05, 0.1) is 22.8 Å². The third kappa shape index (κ3) is 2.54. The number of rotatable bonds is 4. The zero-order valence-electron chi connectivity index (χ0n) is 15.8. The fraction of sp³-hybridized carbons (Fsp3) is 0.524. The Labute approximate surface area is 158 Å². The standard InChI is InChI=1S/C21H25N3O3/c1-23(2)10-15-16-11-24(12-21(16)8-7-18(15)27-21)19-9-14(20(25)26)13-5-3-4-6-17(13)22-19/h3-6,9,15-16,18H,7-8,10-12H2,1-2H3,(H,25,26)/t15-,16+,18+,21+/m1/s1. The second-order valence-corrected chi connectivity index (χ2v) is 8.52. The molecule has 0 radical (unpaired) electrons. The molecule has 2 bridgehead atoms. The maximum Gasteiger partial charge on any atom is 0.336 e. The molecule has 1 N–H and O–H groups in total. The molecule has 0 aliphatic carbocycles. The highest BCUT2D eigenvalue weighted by atomic mass is 16.5. The van der Waals surface area contributed by atoms with Gasteiger partial charge in [-0.25, -0.2) is 9.78 Å². The van der Waals surface area contributed by atoms with Crippen LogP contribution >= 0.6 is 0 Å². The Balaban J connectivity index is 1.51. The molecule has 4 atom stereocenters. The van der Waals surface area contributed by atoms with Crippen molar-refractivity contribution in [3.63, 3.8) is 0 Å². The first-order valence-electron chi connectivity index (χ1n) is 9.67. The van der Waals surface area contributed by atoms with E-state index in [2.05, 4.69) is 23.9 Å². The van der Waals surface area contributed by atoms with Gasteiger partial charge >= 0.3 is 5.97 Å². The number of fused-ring (bicyclic) bond motifs is 2. The molecular formula is C21H25N3O3. The molecule has 27 heavy (non-hydrogen) atoms. The van der Waals surface area contributed by atoms with Crippen LogP contribution in [0.3, 0.4) is 0 Å². The van der Waals surface area contributed by atoms with Gasteiger partial charge in [0.15, 0.2) is 0 Å². The molecule has 0 saturated carbocycles. The van der Waals surface area contributed by atoms with Crippen LogP contribution in [0.25, 0.3) is 10.9 Å². The van der Waals surface area contributed by atoms with Crippen molar-refractivity contribution in [1.82, 2.24) is 9.88 Å². The number of carboxylic acids is 1. The van der Waals surface area contributed by atoms with E-state index in [1.807, 2.05) is 24.3 Å². The quantitative estimate of drug-likeness (QED) is 0.896. The molecular weight excluding hydrogens is 342 g/mol. The third-order valence-electron chi connectivity index (χ3n) is 6.62. The SMILES string of the molecule is CN(C)C[C@H]1[C@@H]2CC[C@@]3(CN(c4cc(C(=O)O)c5ccccc5n4)C[C@@H]13)O2. The predicted molar refractivity (Wildman–Crippen MR) is 103 cm³/mol. The van der Waals surface area contributed by atoms with E-state index in [0.717, 1.165) is 43.8 Å². The number of para-hydroxylation sites is 1. The Morgan fingerprint density at radius 3 is 3.00 bits per heavy atom. The number of pyridine rings is 1. The fourth-order valence-electron chi connectivity index (χ4n) is 5.53. The average Bonchev–Trinajstić information content (AvgIpc) is 3.30. The van der Waals surface area contributed by atoms with Crippen LogP contribution in [0.15, 0.2) is 30.3 Å². The minimum absolute atomic E-state index is 0.0813. The summed E-state index contributed by atoms with van der Waals surface area (Å²) >= 11 is 0. The lowest BCUT2D eigenvalue weighted by Crippen LogP contribution is -2.40. The third-order valence-corrected chi connectivity index (χ3v) is 6.62. The van der Waals surface area contributed by atoms with Crippen LogP contribution in [0.1, 0.15) is 23.2 Å². The molecule has 142 valence electrons. The first-order chi connectivity index (χ1) is 13.0. The molecule has 1 aromatic carbocycles. The summed E-state index contributed by atoms with van der Waals surface area (Å²) in [6.45, 7) is 2.73. The number of aromatic carboxylic acids is 1. The van der Waals surface area contributed by atoms with E-state index in [1.54, 1.807) is 6.07 Å². The molecule has 3 saturated heterocycles. The predicted octanol–water partition coefficient (Wildman–Crippen LogP) is 2.48. The first kappa shape index (κ1) is 17.0.